The molecule has 1 heterocycles. The highest BCUT2D eigenvalue weighted by molar-refractivity contribution is 7.99. The van der Waals surface area contributed by atoms with Gasteiger partial charge in [0.1, 0.15) is 5.03 Å². The van der Waals surface area contributed by atoms with Gasteiger partial charge in [0.05, 0.1) is 5.52 Å². The Morgan fingerprint density at radius 3 is 2.88 bits per heavy atom. The van der Waals surface area contributed by atoms with Crippen LogP contribution < -0.4 is 5.73 Å². The van der Waals surface area contributed by atoms with Crippen LogP contribution in [0.5, 0.6) is 0 Å². The van der Waals surface area contributed by atoms with Crippen LogP contribution >= 0.6 is 11.8 Å². The van der Waals surface area contributed by atoms with Gasteiger partial charge in [-0.15, -0.1) is 11.8 Å². The van der Waals surface area contributed by atoms with Crippen molar-refractivity contribution in [3.8, 4) is 0 Å². The Morgan fingerprint density at radius 1 is 1.29 bits per heavy atom. The third-order valence-corrected chi connectivity index (χ3v) is 3.84. The fourth-order valence-corrected chi connectivity index (χ4v) is 2.84. The van der Waals surface area contributed by atoms with Gasteiger partial charge in [-0.3, -0.25) is 0 Å². The van der Waals surface area contributed by atoms with Crippen molar-refractivity contribution in [2.45, 2.75) is 31.3 Å². The maximum Gasteiger partial charge on any atom is 0.101 e. The molecule has 0 radical (unpaired) electrons. The van der Waals surface area contributed by atoms with Crippen LogP contribution in [0.1, 0.15) is 25.3 Å². The zero-order valence-electron chi connectivity index (χ0n) is 10.1. The SMILES string of the molecule is CCCCSc1nc2ccccc2cc1CN. The van der Waals surface area contributed by atoms with Crippen molar-refractivity contribution in [2.75, 3.05) is 5.75 Å². The predicted octanol–water partition coefficient (Wildman–Crippen LogP) is 3.59. The average Bonchev–Trinajstić information content (AvgIpc) is 2.38. The number of benzene rings is 1. The van der Waals surface area contributed by atoms with Crippen LogP contribution in [0, 0.1) is 0 Å². The topological polar surface area (TPSA) is 38.9 Å². The number of nitrogens with two attached hydrogens (primary N) is 1. The first kappa shape index (κ1) is 12.4. The molecule has 2 N–H and O–H groups in total. The van der Waals surface area contributed by atoms with Gasteiger partial charge in [0.15, 0.2) is 0 Å². The van der Waals surface area contributed by atoms with Crippen LogP contribution in [-0.2, 0) is 6.54 Å². The second kappa shape index (κ2) is 6.03. The molecule has 0 saturated carbocycles. The number of rotatable bonds is 5. The molecule has 2 aromatic rings. The lowest BCUT2D eigenvalue weighted by atomic mass is 10.1. The highest BCUT2D eigenvalue weighted by atomic mass is 32.2. The van der Waals surface area contributed by atoms with Crippen molar-refractivity contribution in [3.63, 3.8) is 0 Å². The van der Waals surface area contributed by atoms with E-state index in [4.69, 9.17) is 10.7 Å². The van der Waals surface area contributed by atoms with Crippen molar-refractivity contribution in [1.29, 1.82) is 0 Å². The first-order chi connectivity index (χ1) is 8.35. The lowest BCUT2D eigenvalue weighted by Crippen LogP contribution is -2.01. The Balaban J connectivity index is 2.32. The minimum absolute atomic E-state index is 0.562. The van der Waals surface area contributed by atoms with Gasteiger partial charge in [-0.25, -0.2) is 4.98 Å². The van der Waals surface area contributed by atoms with Gasteiger partial charge in [-0.1, -0.05) is 31.5 Å². The van der Waals surface area contributed by atoms with Crippen molar-refractivity contribution < 1.29 is 0 Å². The largest absolute Gasteiger partial charge is 0.326 e. The summed E-state index contributed by atoms with van der Waals surface area (Å²) in [7, 11) is 0. The lowest BCUT2D eigenvalue weighted by molar-refractivity contribution is 0.892. The monoisotopic (exact) mass is 246 g/mol. The second-order valence-electron chi connectivity index (χ2n) is 4.05. The molecular weight excluding hydrogens is 228 g/mol. The fraction of sp³-hybridized carbons (Fsp3) is 0.357. The first-order valence-corrected chi connectivity index (χ1v) is 7.05. The molecule has 2 nitrogen and oxygen atoms in total. The standard InChI is InChI=1S/C14H18N2S/c1-2-3-8-17-14-12(10-15)9-11-6-4-5-7-13(11)16-14/h4-7,9H,2-3,8,10,15H2,1H3. The van der Waals surface area contributed by atoms with Crippen molar-refractivity contribution in [2.24, 2.45) is 5.73 Å². The third kappa shape index (κ3) is 2.99. The summed E-state index contributed by atoms with van der Waals surface area (Å²) < 4.78 is 0. The third-order valence-electron chi connectivity index (χ3n) is 2.72. The van der Waals surface area contributed by atoms with Crippen LogP contribution in [0.4, 0.5) is 0 Å². The number of unbranched alkanes of at least 4 members (excludes halogenated alkanes) is 1. The number of thioether (sulfide) groups is 1. The summed E-state index contributed by atoms with van der Waals surface area (Å²) >= 11 is 1.82. The number of hydrogen-bond acceptors (Lipinski definition) is 3. The molecule has 0 amide bonds. The van der Waals surface area contributed by atoms with E-state index in [0.717, 1.165) is 21.9 Å². The van der Waals surface area contributed by atoms with Crippen molar-refractivity contribution in [3.05, 3.63) is 35.9 Å². The average molecular weight is 246 g/mol. The molecule has 0 atom stereocenters. The Labute approximate surface area is 107 Å². The maximum atomic E-state index is 5.79. The van der Waals surface area contributed by atoms with Crippen molar-refractivity contribution >= 4 is 22.7 Å². The molecule has 0 spiro atoms. The lowest BCUT2D eigenvalue weighted by Gasteiger charge is -2.08. The fourth-order valence-electron chi connectivity index (χ4n) is 1.73. The molecule has 0 bridgehead atoms. The summed E-state index contributed by atoms with van der Waals surface area (Å²) in [5, 5.41) is 2.27. The molecule has 0 saturated heterocycles. The highest BCUT2D eigenvalue weighted by Crippen LogP contribution is 2.25. The molecule has 90 valence electrons. The van der Waals surface area contributed by atoms with Gasteiger partial charge in [0.2, 0.25) is 0 Å². The minimum Gasteiger partial charge on any atom is -0.326 e. The predicted molar refractivity (Wildman–Crippen MR) is 75.3 cm³/mol. The highest BCUT2D eigenvalue weighted by Gasteiger charge is 2.05. The van der Waals surface area contributed by atoms with Crippen molar-refractivity contribution in [1.82, 2.24) is 4.98 Å². The Morgan fingerprint density at radius 2 is 2.12 bits per heavy atom. The summed E-state index contributed by atoms with van der Waals surface area (Å²) in [5.41, 5.74) is 8.01. The molecule has 0 aliphatic rings. The number of pyridine rings is 1. The molecule has 3 heteroatoms. The molecule has 1 aromatic carbocycles. The van der Waals surface area contributed by atoms with E-state index in [1.807, 2.05) is 23.9 Å². The molecule has 2 rings (SSSR count). The van der Waals surface area contributed by atoms with E-state index < -0.39 is 0 Å². The van der Waals surface area contributed by atoms with Crippen LogP contribution in [0.25, 0.3) is 10.9 Å². The van der Waals surface area contributed by atoms with E-state index in [0.29, 0.717) is 6.54 Å². The van der Waals surface area contributed by atoms with Crippen LogP contribution in [-0.4, -0.2) is 10.7 Å². The smallest absolute Gasteiger partial charge is 0.101 e. The molecule has 0 unspecified atom stereocenters. The summed E-state index contributed by atoms with van der Waals surface area (Å²) in [6.07, 6.45) is 2.45. The summed E-state index contributed by atoms with van der Waals surface area (Å²) in [6, 6.07) is 10.4. The molecule has 0 aliphatic carbocycles. The van der Waals surface area contributed by atoms with E-state index in [-0.39, 0.29) is 0 Å². The normalized spacial score (nSPS) is 10.9. The number of fused-ring (bicyclic) bond motifs is 1. The number of para-hydroxylation sites is 1. The summed E-state index contributed by atoms with van der Waals surface area (Å²) in [5.74, 6) is 1.12. The van der Waals surface area contributed by atoms with Crippen LogP contribution in [0.15, 0.2) is 35.4 Å². The molecular formula is C14H18N2S. The van der Waals surface area contributed by atoms with E-state index in [9.17, 15) is 0 Å². The maximum absolute atomic E-state index is 5.79. The Hall–Kier alpha value is -1.06. The number of aromatic nitrogens is 1. The zero-order chi connectivity index (χ0) is 12.1. The van der Waals surface area contributed by atoms with Gasteiger partial charge in [0, 0.05) is 11.9 Å². The minimum atomic E-state index is 0.562. The molecule has 17 heavy (non-hydrogen) atoms. The Kier molecular flexibility index (Phi) is 4.40. The molecule has 0 aliphatic heterocycles. The van der Waals surface area contributed by atoms with Crippen LogP contribution in [0.3, 0.4) is 0 Å². The Bertz CT molecular complexity index is 497. The molecule has 0 fully saturated rings. The molecule has 1 aromatic heterocycles. The van der Waals surface area contributed by atoms with Gasteiger partial charge in [-0.2, -0.15) is 0 Å². The van der Waals surface area contributed by atoms with Gasteiger partial charge >= 0.3 is 0 Å². The van der Waals surface area contributed by atoms with Crippen LogP contribution in [0.2, 0.25) is 0 Å². The zero-order valence-corrected chi connectivity index (χ0v) is 11.0. The van der Waals surface area contributed by atoms with E-state index in [1.54, 1.807) is 0 Å². The van der Waals surface area contributed by atoms with E-state index >= 15 is 0 Å². The summed E-state index contributed by atoms with van der Waals surface area (Å²) in [6.45, 7) is 2.77. The van der Waals surface area contributed by atoms with E-state index in [1.165, 1.54) is 18.2 Å². The summed E-state index contributed by atoms with van der Waals surface area (Å²) in [4.78, 5) is 4.70. The number of nitrogens with zero attached hydrogens (tertiary/aromatic N) is 1. The van der Waals surface area contributed by atoms with Gasteiger partial charge in [-0.05, 0) is 29.9 Å². The second-order valence-corrected chi connectivity index (χ2v) is 5.14. The van der Waals surface area contributed by atoms with E-state index in [2.05, 4.69) is 25.1 Å². The van der Waals surface area contributed by atoms with Gasteiger partial charge in [0.25, 0.3) is 0 Å². The van der Waals surface area contributed by atoms with Gasteiger partial charge < -0.3 is 5.73 Å². The first-order valence-electron chi connectivity index (χ1n) is 6.06. The number of hydrogen-bond donors (Lipinski definition) is 1. The quantitative estimate of drug-likeness (QED) is 0.647.